The number of carbonyl (C=O) groups is 2. The largest absolute Gasteiger partial charge is 0.396 e. The first kappa shape index (κ1) is 13.3. The Kier molecular flexibility index (Phi) is 3.35. The molecule has 3 rings (SSSR count). The van der Waals surface area contributed by atoms with Gasteiger partial charge in [0.1, 0.15) is 0 Å². The topological polar surface area (TPSA) is 80.6 Å². The Morgan fingerprint density at radius 1 is 0.750 bits per heavy atom. The van der Waals surface area contributed by atoms with E-state index in [0.29, 0.717) is 22.5 Å². The molecule has 2 aliphatic heterocycles. The second kappa shape index (κ2) is 5.03. The second-order valence-corrected chi connectivity index (χ2v) is 5.23. The van der Waals surface area contributed by atoms with Crippen molar-refractivity contribution < 1.29 is 19.8 Å². The Labute approximate surface area is 117 Å². The molecule has 20 heavy (non-hydrogen) atoms. The van der Waals surface area contributed by atoms with Gasteiger partial charge in [0, 0.05) is 63.4 Å². The maximum atomic E-state index is 12.6. The van der Waals surface area contributed by atoms with Crippen molar-refractivity contribution >= 4 is 11.6 Å². The van der Waals surface area contributed by atoms with Gasteiger partial charge in [0.25, 0.3) is 0 Å². The van der Waals surface area contributed by atoms with Gasteiger partial charge in [-0.3, -0.25) is 9.59 Å². The number of ketones is 2. The van der Waals surface area contributed by atoms with Crippen LogP contribution < -0.4 is 0 Å². The zero-order chi connectivity index (χ0) is 14.3. The van der Waals surface area contributed by atoms with Crippen LogP contribution >= 0.6 is 0 Å². The van der Waals surface area contributed by atoms with E-state index >= 15 is 0 Å². The third-order valence-electron chi connectivity index (χ3n) is 3.80. The fourth-order valence-electron chi connectivity index (χ4n) is 2.68. The zero-order valence-corrected chi connectivity index (χ0v) is 11.3. The summed E-state index contributed by atoms with van der Waals surface area (Å²) in [5, 5.41) is 18.3. The van der Waals surface area contributed by atoms with Gasteiger partial charge >= 0.3 is 0 Å². The van der Waals surface area contributed by atoms with Crippen molar-refractivity contribution in [2.45, 2.75) is 12.8 Å². The smallest absolute Gasteiger partial charge is 0.207 e. The summed E-state index contributed by atoms with van der Waals surface area (Å²) in [5.41, 5.74) is 1.74. The summed E-state index contributed by atoms with van der Waals surface area (Å²) in [6.45, 7) is 2.80. The van der Waals surface area contributed by atoms with Gasteiger partial charge in [0.15, 0.2) is 0 Å². The number of hydrogen-bond acceptors (Lipinski definition) is 6. The molecule has 2 fully saturated rings. The average molecular weight is 278 g/mol. The summed E-state index contributed by atoms with van der Waals surface area (Å²) in [7, 11) is 0. The predicted molar refractivity (Wildman–Crippen MR) is 70.6 cm³/mol. The van der Waals surface area contributed by atoms with Crippen LogP contribution in [0, 0.1) is 0 Å². The molecule has 6 heteroatoms. The Balaban J connectivity index is 2.04. The van der Waals surface area contributed by atoms with E-state index < -0.39 is 0 Å². The quantitative estimate of drug-likeness (QED) is 0.481. The van der Waals surface area contributed by atoms with Crippen molar-refractivity contribution in [1.82, 2.24) is 9.80 Å². The van der Waals surface area contributed by atoms with Gasteiger partial charge in [-0.05, 0) is 0 Å². The second-order valence-electron chi connectivity index (χ2n) is 5.23. The van der Waals surface area contributed by atoms with Crippen LogP contribution in [-0.2, 0) is 9.59 Å². The molecule has 0 aromatic rings. The normalized spacial score (nSPS) is 22.1. The van der Waals surface area contributed by atoms with Gasteiger partial charge in [-0.2, -0.15) is 0 Å². The van der Waals surface area contributed by atoms with E-state index in [0.717, 1.165) is 26.2 Å². The van der Waals surface area contributed by atoms with E-state index in [1.54, 1.807) is 0 Å². The Morgan fingerprint density at radius 2 is 1.10 bits per heavy atom. The lowest BCUT2D eigenvalue weighted by atomic mass is 9.87. The minimum absolute atomic E-state index is 0.145. The standard InChI is InChI=1S/C14H18N2O4/c17-7-1-9-11(15-3-4-15)14(20)10(2-8-18)12(13(9)19)16-5-6-16/h17-18H,1-8H2. The van der Waals surface area contributed by atoms with Crippen molar-refractivity contribution in [2.75, 3.05) is 39.4 Å². The predicted octanol–water partition coefficient (Wildman–Crippen LogP) is -0.958. The number of rotatable bonds is 6. The van der Waals surface area contributed by atoms with Crippen molar-refractivity contribution in [2.24, 2.45) is 0 Å². The van der Waals surface area contributed by atoms with Gasteiger partial charge < -0.3 is 20.0 Å². The summed E-state index contributed by atoms with van der Waals surface area (Å²) in [6.07, 6.45) is 0.417. The fraction of sp³-hybridized carbons (Fsp3) is 0.571. The molecule has 3 aliphatic rings. The van der Waals surface area contributed by atoms with Gasteiger partial charge in [-0.15, -0.1) is 0 Å². The van der Waals surface area contributed by atoms with Crippen molar-refractivity contribution in [1.29, 1.82) is 0 Å². The molecule has 0 aromatic carbocycles. The van der Waals surface area contributed by atoms with Crippen LogP contribution in [0.2, 0.25) is 0 Å². The molecule has 0 aromatic heterocycles. The van der Waals surface area contributed by atoms with Gasteiger partial charge in [0.2, 0.25) is 11.6 Å². The molecule has 1 aliphatic carbocycles. The van der Waals surface area contributed by atoms with Gasteiger partial charge in [-0.1, -0.05) is 0 Å². The summed E-state index contributed by atoms with van der Waals surface area (Å²) < 4.78 is 0. The molecule has 108 valence electrons. The van der Waals surface area contributed by atoms with Crippen LogP contribution in [0.5, 0.6) is 0 Å². The molecule has 0 unspecified atom stereocenters. The number of carbonyl (C=O) groups excluding carboxylic acids is 2. The average Bonchev–Trinajstić information content (AvgIpc) is 3.26. The number of Topliss-reactive ketones (excluding diaryl/α,β-unsaturated/α-hetero) is 2. The highest BCUT2D eigenvalue weighted by molar-refractivity contribution is 6.25. The molecule has 0 atom stereocenters. The number of aliphatic hydroxyl groups excluding tert-OH is 2. The lowest BCUT2D eigenvalue weighted by Gasteiger charge is -2.25. The number of aliphatic hydroxyl groups is 2. The first-order chi connectivity index (χ1) is 9.69. The van der Waals surface area contributed by atoms with E-state index in [4.69, 9.17) is 10.2 Å². The minimum atomic E-state index is -0.151. The first-order valence-corrected chi connectivity index (χ1v) is 6.96. The minimum Gasteiger partial charge on any atom is -0.396 e. The lowest BCUT2D eigenvalue weighted by molar-refractivity contribution is -0.118. The molecule has 2 N–H and O–H groups in total. The number of hydrogen-bond donors (Lipinski definition) is 2. The first-order valence-electron chi connectivity index (χ1n) is 6.96. The fourth-order valence-corrected chi connectivity index (χ4v) is 2.68. The molecule has 0 spiro atoms. The molecule has 6 nitrogen and oxygen atoms in total. The van der Waals surface area contributed by atoms with Gasteiger partial charge in [-0.25, -0.2) is 0 Å². The Bertz CT molecular complexity index is 479. The maximum absolute atomic E-state index is 12.6. The molecule has 0 amide bonds. The zero-order valence-electron chi connectivity index (χ0n) is 11.3. The molecular weight excluding hydrogens is 260 g/mol. The molecular formula is C14H18N2O4. The van der Waals surface area contributed by atoms with E-state index in [-0.39, 0.29) is 37.6 Å². The van der Waals surface area contributed by atoms with Crippen molar-refractivity contribution in [3.63, 3.8) is 0 Å². The SMILES string of the molecule is O=C1C(CCO)=C(N2CC2)C(=O)C(CCO)=C1N1CC1. The summed E-state index contributed by atoms with van der Waals surface area (Å²) in [4.78, 5) is 29.0. The highest BCUT2D eigenvalue weighted by Crippen LogP contribution is 2.36. The van der Waals surface area contributed by atoms with Crippen molar-refractivity contribution in [3.05, 3.63) is 22.5 Å². The summed E-state index contributed by atoms with van der Waals surface area (Å²) in [5.74, 6) is -0.303. The van der Waals surface area contributed by atoms with Crippen LogP contribution in [0.25, 0.3) is 0 Å². The Hall–Kier alpha value is -1.66. The van der Waals surface area contributed by atoms with E-state index in [1.165, 1.54) is 0 Å². The molecule has 0 bridgehead atoms. The summed E-state index contributed by atoms with van der Waals surface area (Å²) in [6, 6.07) is 0. The maximum Gasteiger partial charge on any atom is 0.207 e. The lowest BCUT2D eigenvalue weighted by Crippen LogP contribution is -2.31. The van der Waals surface area contributed by atoms with Crippen LogP contribution in [-0.4, -0.2) is 71.0 Å². The number of allylic oxidation sites excluding steroid dienone is 2. The highest BCUT2D eigenvalue weighted by atomic mass is 16.3. The third kappa shape index (κ3) is 2.14. The molecule has 2 saturated heterocycles. The van der Waals surface area contributed by atoms with E-state index in [2.05, 4.69) is 0 Å². The monoisotopic (exact) mass is 278 g/mol. The van der Waals surface area contributed by atoms with Crippen LogP contribution in [0.1, 0.15) is 12.8 Å². The number of nitrogens with zero attached hydrogens (tertiary/aromatic N) is 2. The highest BCUT2D eigenvalue weighted by Gasteiger charge is 2.42. The van der Waals surface area contributed by atoms with Crippen molar-refractivity contribution in [3.8, 4) is 0 Å². The van der Waals surface area contributed by atoms with Gasteiger partial charge in [0.05, 0.1) is 11.4 Å². The Morgan fingerprint density at radius 3 is 1.35 bits per heavy atom. The molecule has 0 radical (unpaired) electrons. The van der Waals surface area contributed by atoms with E-state index in [1.807, 2.05) is 9.80 Å². The van der Waals surface area contributed by atoms with Crippen LogP contribution in [0.15, 0.2) is 22.5 Å². The molecule has 0 saturated carbocycles. The van der Waals surface area contributed by atoms with Crippen LogP contribution in [0.4, 0.5) is 0 Å². The third-order valence-corrected chi connectivity index (χ3v) is 3.80. The summed E-state index contributed by atoms with van der Waals surface area (Å²) >= 11 is 0. The molecule has 2 heterocycles. The van der Waals surface area contributed by atoms with Crippen LogP contribution in [0.3, 0.4) is 0 Å². The van der Waals surface area contributed by atoms with E-state index in [9.17, 15) is 9.59 Å².